The van der Waals surface area contributed by atoms with Crippen LogP contribution in [0.25, 0.3) is 0 Å². The molecule has 0 aromatic carbocycles. The maximum Gasteiger partial charge on any atom is 0.306 e. The maximum atomic E-state index is 12.8. The molecule has 0 rings (SSSR count). The van der Waals surface area contributed by atoms with Gasteiger partial charge in [0.2, 0.25) is 0 Å². The van der Waals surface area contributed by atoms with Crippen LogP contribution in [0.15, 0.2) is 0 Å². The minimum Gasteiger partial charge on any atom is -0.462 e. The van der Waals surface area contributed by atoms with E-state index in [1.807, 2.05) is 0 Å². The third-order valence-electron chi connectivity index (χ3n) is 13.1. The molecule has 0 saturated heterocycles. The number of rotatable bonds is 51. The highest BCUT2D eigenvalue weighted by atomic mass is 16.6. The average molecular weight is 906 g/mol. The molecule has 0 N–H and O–H groups in total. The first-order chi connectivity index (χ1) is 31.1. The van der Waals surface area contributed by atoms with Gasteiger partial charge in [0, 0.05) is 19.3 Å². The number of carbonyl (C=O) groups excluding carboxylic acids is 3. The first kappa shape index (κ1) is 62.4. The quantitative estimate of drug-likeness (QED) is 0.0344. The highest BCUT2D eigenvalue weighted by Gasteiger charge is 2.19. The van der Waals surface area contributed by atoms with Crippen LogP contribution in [0.1, 0.15) is 318 Å². The number of hydrogen-bond donors (Lipinski definition) is 0. The number of ether oxygens (including phenoxy) is 3. The van der Waals surface area contributed by atoms with Crippen molar-refractivity contribution in [2.75, 3.05) is 13.2 Å². The SMILES string of the molecule is CC(C)CCCCCCCCCCCCCCCCCC(=O)OC[C@@H](COC(=O)CCCCCCCCCCCCCC(C)C)OC(=O)CCCCCCCCCCCCCC(C)C. The van der Waals surface area contributed by atoms with Crippen molar-refractivity contribution in [3.8, 4) is 0 Å². The van der Waals surface area contributed by atoms with Crippen molar-refractivity contribution >= 4 is 17.9 Å². The third kappa shape index (κ3) is 51.4. The van der Waals surface area contributed by atoms with Crippen molar-refractivity contribution in [3.05, 3.63) is 0 Å². The van der Waals surface area contributed by atoms with E-state index < -0.39 is 6.10 Å². The van der Waals surface area contributed by atoms with Gasteiger partial charge in [0.25, 0.3) is 0 Å². The summed E-state index contributed by atoms with van der Waals surface area (Å²) in [7, 11) is 0. The lowest BCUT2D eigenvalue weighted by Gasteiger charge is -2.18. The molecular formula is C58H112O6. The molecule has 0 spiro atoms. The fraction of sp³-hybridized carbons (Fsp3) is 0.948. The molecule has 0 aromatic rings. The fourth-order valence-electron chi connectivity index (χ4n) is 8.82. The Morgan fingerprint density at radius 1 is 0.266 bits per heavy atom. The summed E-state index contributed by atoms with van der Waals surface area (Å²) in [4.78, 5) is 38.1. The zero-order chi connectivity index (χ0) is 47.0. The van der Waals surface area contributed by atoms with Gasteiger partial charge in [-0.05, 0) is 37.0 Å². The molecule has 0 aliphatic rings. The molecule has 0 saturated carbocycles. The minimum absolute atomic E-state index is 0.0637. The molecule has 0 aromatic heterocycles. The van der Waals surface area contributed by atoms with Crippen LogP contribution in [0.2, 0.25) is 0 Å². The summed E-state index contributed by atoms with van der Waals surface area (Å²) < 4.78 is 16.9. The Kier molecular flexibility index (Phi) is 48.1. The standard InChI is InChI=1S/C58H112O6/c1-52(2)44-38-32-26-20-14-10-8-7-9-11-17-23-29-35-41-47-56(59)62-50-55(64-58(61)49-43-37-31-25-19-13-16-22-28-34-40-46-54(5)6)51-63-57(60)48-42-36-30-24-18-12-15-21-27-33-39-45-53(3)4/h52-55H,7-51H2,1-6H3/t55-/m0/s1. The third-order valence-corrected chi connectivity index (χ3v) is 13.1. The molecule has 0 amide bonds. The number of carbonyl (C=O) groups is 3. The van der Waals surface area contributed by atoms with Gasteiger partial charge in [-0.15, -0.1) is 0 Å². The predicted octanol–water partition coefficient (Wildman–Crippen LogP) is 18.7. The molecule has 0 aliphatic heterocycles. The maximum absolute atomic E-state index is 12.8. The Morgan fingerprint density at radius 3 is 0.672 bits per heavy atom. The number of hydrogen-bond acceptors (Lipinski definition) is 6. The number of unbranched alkanes of at least 4 members (excludes halogenated alkanes) is 34. The number of esters is 3. The van der Waals surface area contributed by atoms with Crippen molar-refractivity contribution in [1.82, 2.24) is 0 Å². The lowest BCUT2D eigenvalue weighted by atomic mass is 10.0. The highest BCUT2D eigenvalue weighted by molar-refractivity contribution is 5.71. The normalized spacial score (nSPS) is 12.1. The molecule has 0 aliphatic carbocycles. The van der Waals surface area contributed by atoms with E-state index in [4.69, 9.17) is 14.2 Å². The Balaban J connectivity index is 4.29. The predicted molar refractivity (Wildman–Crippen MR) is 275 cm³/mol. The Bertz CT molecular complexity index is 991. The molecule has 0 bridgehead atoms. The zero-order valence-corrected chi connectivity index (χ0v) is 44.1. The molecule has 0 unspecified atom stereocenters. The summed E-state index contributed by atoms with van der Waals surface area (Å²) in [6, 6.07) is 0. The first-order valence-electron chi connectivity index (χ1n) is 28.6. The monoisotopic (exact) mass is 905 g/mol. The average Bonchev–Trinajstić information content (AvgIpc) is 3.25. The molecule has 1 atom stereocenters. The summed E-state index contributed by atoms with van der Waals surface area (Å²) in [5, 5.41) is 0. The van der Waals surface area contributed by atoms with Crippen LogP contribution in [0.4, 0.5) is 0 Å². The van der Waals surface area contributed by atoms with E-state index in [-0.39, 0.29) is 31.1 Å². The molecule has 0 radical (unpaired) electrons. The molecule has 380 valence electrons. The van der Waals surface area contributed by atoms with E-state index in [0.717, 1.165) is 75.5 Å². The van der Waals surface area contributed by atoms with E-state index in [1.165, 1.54) is 199 Å². The van der Waals surface area contributed by atoms with E-state index >= 15 is 0 Å². The second-order valence-corrected chi connectivity index (χ2v) is 21.4. The zero-order valence-electron chi connectivity index (χ0n) is 44.1. The van der Waals surface area contributed by atoms with Gasteiger partial charge in [-0.1, -0.05) is 279 Å². The van der Waals surface area contributed by atoms with Crippen molar-refractivity contribution in [2.45, 2.75) is 324 Å². The molecular weight excluding hydrogens is 793 g/mol. The summed E-state index contributed by atoms with van der Waals surface area (Å²) in [5.74, 6) is 1.66. The van der Waals surface area contributed by atoms with Gasteiger partial charge in [0.15, 0.2) is 6.10 Å². The van der Waals surface area contributed by atoms with Crippen molar-refractivity contribution in [2.24, 2.45) is 17.8 Å². The minimum atomic E-state index is -0.763. The molecule has 0 fully saturated rings. The fourth-order valence-corrected chi connectivity index (χ4v) is 8.82. The van der Waals surface area contributed by atoms with Gasteiger partial charge in [0.1, 0.15) is 13.2 Å². The highest BCUT2D eigenvalue weighted by Crippen LogP contribution is 2.18. The van der Waals surface area contributed by atoms with Gasteiger partial charge >= 0.3 is 17.9 Å². The van der Waals surface area contributed by atoms with Crippen LogP contribution < -0.4 is 0 Å². The van der Waals surface area contributed by atoms with Crippen LogP contribution in [0.3, 0.4) is 0 Å². The van der Waals surface area contributed by atoms with Crippen LogP contribution in [0.5, 0.6) is 0 Å². The summed E-state index contributed by atoms with van der Waals surface area (Å²) in [6.07, 6.45) is 50.9. The van der Waals surface area contributed by atoms with Gasteiger partial charge in [-0.25, -0.2) is 0 Å². The lowest BCUT2D eigenvalue weighted by molar-refractivity contribution is -0.167. The second kappa shape index (κ2) is 49.3. The van der Waals surface area contributed by atoms with Gasteiger partial charge in [0.05, 0.1) is 0 Å². The Morgan fingerprint density at radius 2 is 0.453 bits per heavy atom. The van der Waals surface area contributed by atoms with E-state index in [2.05, 4.69) is 41.5 Å². The van der Waals surface area contributed by atoms with Crippen LogP contribution in [-0.4, -0.2) is 37.2 Å². The van der Waals surface area contributed by atoms with E-state index in [9.17, 15) is 14.4 Å². The molecule has 64 heavy (non-hydrogen) atoms. The Hall–Kier alpha value is -1.59. The molecule has 6 heteroatoms. The van der Waals surface area contributed by atoms with Crippen LogP contribution >= 0.6 is 0 Å². The summed E-state index contributed by atoms with van der Waals surface area (Å²) in [5.41, 5.74) is 0. The summed E-state index contributed by atoms with van der Waals surface area (Å²) >= 11 is 0. The van der Waals surface area contributed by atoms with Crippen molar-refractivity contribution in [1.29, 1.82) is 0 Å². The molecule has 6 nitrogen and oxygen atoms in total. The van der Waals surface area contributed by atoms with Gasteiger partial charge in [-0.3, -0.25) is 14.4 Å². The Labute approximate surface area is 399 Å². The smallest absolute Gasteiger partial charge is 0.306 e. The van der Waals surface area contributed by atoms with Gasteiger partial charge in [-0.2, -0.15) is 0 Å². The van der Waals surface area contributed by atoms with E-state index in [0.29, 0.717) is 19.3 Å². The van der Waals surface area contributed by atoms with Crippen LogP contribution in [0, 0.1) is 17.8 Å². The topological polar surface area (TPSA) is 78.9 Å². The van der Waals surface area contributed by atoms with Crippen molar-refractivity contribution in [3.63, 3.8) is 0 Å². The lowest BCUT2D eigenvalue weighted by Crippen LogP contribution is -2.30. The van der Waals surface area contributed by atoms with E-state index in [1.54, 1.807) is 0 Å². The first-order valence-corrected chi connectivity index (χ1v) is 28.6. The summed E-state index contributed by atoms with van der Waals surface area (Å²) in [6.45, 7) is 13.8. The van der Waals surface area contributed by atoms with Crippen molar-refractivity contribution < 1.29 is 28.6 Å². The molecule has 0 heterocycles. The largest absolute Gasteiger partial charge is 0.462 e. The van der Waals surface area contributed by atoms with Gasteiger partial charge < -0.3 is 14.2 Å². The second-order valence-electron chi connectivity index (χ2n) is 21.4. The van der Waals surface area contributed by atoms with Crippen LogP contribution in [-0.2, 0) is 28.6 Å².